The highest BCUT2D eigenvalue weighted by atomic mass is 16.1. The van der Waals surface area contributed by atoms with E-state index in [-0.39, 0.29) is 5.56 Å². The fourth-order valence-electron chi connectivity index (χ4n) is 3.21. The summed E-state index contributed by atoms with van der Waals surface area (Å²) in [4.78, 5) is 19.1. The molecule has 1 aliphatic rings. The monoisotopic (exact) mass is 324 g/mol. The summed E-state index contributed by atoms with van der Waals surface area (Å²) in [5.74, 6) is 2.41. The van der Waals surface area contributed by atoms with Gasteiger partial charge in [0.1, 0.15) is 17.3 Å². The predicted molar refractivity (Wildman–Crippen MR) is 89.7 cm³/mol. The minimum atomic E-state index is -0.0436. The van der Waals surface area contributed by atoms with E-state index < -0.39 is 0 Å². The molecule has 7 heteroatoms. The van der Waals surface area contributed by atoms with Crippen LogP contribution >= 0.6 is 0 Å². The van der Waals surface area contributed by atoms with Crippen LogP contribution in [0.3, 0.4) is 0 Å². The van der Waals surface area contributed by atoms with Crippen molar-refractivity contribution in [1.29, 1.82) is 0 Å². The van der Waals surface area contributed by atoms with E-state index in [0.29, 0.717) is 18.1 Å². The van der Waals surface area contributed by atoms with E-state index >= 15 is 0 Å². The molecule has 0 fully saturated rings. The molecule has 0 radical (unpaired) electrons. The molecule has 124 valence electrons. The van der Waals surface area contributed by atoms with Crippen molar-refractivity contribution in [2.75, 3.05) is 6.54 Å². The van der Waals surface area contributed by atoms with Crippen LogP contribution < -0.4 is 5.56 Å². The quantitative estimate of drug-likeness (QED) is 0.729. The molecule has 7 nitrogen and oxygen atoms in total. The van der Waals surface area contributed by atoms with Crippen molar-refractivity contribution in [2.24, 2.45) is 0 Å². The van der Waals surface area contributed by atoms with Crippen molar-refractivity contribution in [1.82, 2.24) is 29.0 Å². The lowest BCUT2D eigenvalue weighted by molar-refractivity contribution is 0.204. The Kier molecular flexibility index (Phi) is 3.65. The summed E-state index contributed by atoms with van der Waals surface area (Å²) in [6, 6.07) is 7.19. The normalized spacial score (nSPS) is 15.1. The van der Waals surface area contributed by atoms with Crippen LogP contribution in [0.25, 0.3) is 5.65 Å². The van der Waals surface area contributed by atoms with Gasteiger partial charge in [0.05, 0.1) is 12.2 Å². The molecule has 3 aromatic rings. The van der Waals surface area contributed by atoms with Crippen LogP contribution in [0.5, 0.6) is 0 Å². The topological polar surface area (TPSA) is 68.3 Å². The van der Waals surface area contributed by atoms with Crippen molar-refractivity contribution in [3.05, 3.63) is 58.2 Å². The van der Waals surface area contributed by atoms with Gasteiger partial charge in [0.2, 0.25) is 0 Å². The summed E-state index contributed by atoms with van der Waals surface area (Å²) in [6.45, 7) is 7.43. The lowest BCUT2D eigenvalue weighted by atomic mass is 10.2. The smallest absolute Gasteiger partial charge is 0.258 e. The summed E-state index contributed by atoms with van der Waals surface area (Å²) < 4.78 is 3.77. The van der Waals surface area contributed by atoms with Crippen molar-refractivity contribution in [3.63, 3.8) is 0 Å². The largest absolute Gasteiger partial charge is 0.312 e. The van der Waals surface area contributed by atoms with Crippen LogP contribution in [-0.2, 0) is 19.6 Å². The second-order valence-electron chi connectivity index (χ2n) is 6.51. The van der Waals surface area contributed by atoms with Gasteiger partial charge in [-0.1, -0.05) is 19.9 Å². The Morgan fingerprint density at radius 3 is 2.92 bits per heavy atom. The van der Waals surface area contributed by atoms with Gasteiger partial charge < -0.3 is 4.57 Å². The van der Waals surface area contributed by atoms with Gasteiger partial charge in [0, 0.05) is 37.8 Å². The zero-order valence-corrected chi connectivity index (χ0v) is 13.9. The van der Waals surface area contributed by atoms with Gasteiger partial charge >= 0.3 is 0 Å². The molecule has 4 rings (SSSR count). The molecule has 1 aliphatic heterocycles. The van der Waals surface area contributed by atoms with Crippen LogP contribution in [0.2, 0.25) is 0 Å². The second kappa shape index (κ2) is 5.83. The van der Waals surface area contributed by atoms with Crippen LogP contribution in [0.15, 0.2) is 35.3 Å². The van der Waals surface area contributed by atoms with E-state index in [1.807, 2.05) is 18.2 Å². The first-order chi connectivity index (χ1) is 11.6. The molecular weight excluding hydrogens is 304 g/mol. The molecule has 0 bridgehead atoms. The Hall–Kier alpha value is -2.54. The van der Waals surface area contributed by atoms with Gasteiger partial charge in [0.15, 0.2) is 0 Å². The highest BCUT2D eigenvalue weighted by molar-refractivity contribution is 5.38. The van der Waals surface area contributed by atoms with Crippen LogP contribution in [0.1, 0.15) is 37.1 Å². The predicted octanol–water partition coefficient (Wildman–Crippen LogP) is 1.43. The lowest BCUT2D eigenvalue weighted by Crippen LogP contribution is -2.34. The van der Waals surface area contributed by atoms with Gasteiger partial charge in [-0.3, -0.25) is 14.1 Å². The van der Waals surface area contributed by atoms with E-state index in [4.69, 9.17) is 0 Å². The maximum atomic E-state index is 12.2. The molecule has 0 saturated carbocycles. The number of hydrogen-bond acceptors (Lipinski definition) is 5. The van der Waals surface area contributed by atoms with E-state index in [1.165, 1.54) is 0 Å². The SMILES string of the molecule is CC(C)c1nnc2n1CCN(Cc1cc(=O)n3ccccc3n1)C2. The van der Waals surface area contributed by atoms with E-state index in [9.17, 15) is 4.79 Å². The third-order valence-corrected chi connectivity index (χ3v) is 4.39. The Labute approximate surface area is 139 Å². The molecule has 0 N–H and O–H groups in total. The van der Waals surface area contributed by atoms with Gasteiger partial charge in [-0.2, -0.15) is 0 Å². The fraction of sp³-hybridized carbons (Fsp3) is 0.412. The van der Waals surface area contributed by atoms with E-state index in [2.05, 4.69) is 38.5 Å². The maximum absolute atomic E-state index is 12.2. The van der Waals surface area contributed by atoms with Crippen LogP contribution in [0, 0.1) is 0 Å². The molecule has 0 atom stereocenters. The molecule has 0 aliphatic carbocycles. The van der Waals surface area contributed by atoms with Gasteiger partial charge in [-0.15, -0.1) is 10.2 Å². The maximum Gasteiger partial charge on any atom is 0.258 e. The fourth-order valence-corrected chi connectivity index (χ4v) is 3.21. The standard InChI is InChI=1S/C17H20N6O/c1-12(2)17-20-19-15-11-21(7-8-23(15)17)10-13-9-16(24)22-6-4-3-5-14(22)18-13/h3-6,9,12H,7-8,10-11H2,1-2H3. The molecule has 4 heterocycles. The Morgan fingerprint density at radius 1 is 1.21 bits per heavy atom. The molecule has 0 saturated heterocycles. The first-order valence-corrected chi connectivity index (χ1v) is 8.23. The summed E-state index contributed by atoms with van der Waals surface area (Å²) >= 11 is 0. The minimum absolute atomic E-state index is 0.0436. The minimum Gasteiger partial charge on any atom is -0.312 e. The molecule has 0 aromatic carbocycles. The van der Waals surface area contributed by atoms with Crippen molar-refractivity contribution in [2.45, 2.75) is 39.4 Å². The van der Waals surface area contributed by atoms with E-state index in [1.54, 1.807) is 16.7 Å². The van der Waals surface area contributed by atoms with Gasteiger partial charge in [-0.05, 0) is 12.1 Å². The number of nitrogens with zero attached hydrogens (tertiary/aromatic N) is 6. The van der Waals surface area contributed by atoms with Gasteiger partial charge in [0.25, 0.3) is 5.56 Å². The van der Waals surface area contributed by atoms with Crippen molar-refractivity contribution in [3.8, 4) is 0 Å². The second-order valence-corrected chi connectivity index (χ2v) is 6.51. The van der Waals surface area contributed by atoms with Crippen molar-refractivity contribution < 1.29 is 0 Å². The van der Waals surface area contributed by atoms with Crippen molar-refractivity contribution >= 4 is 5.65 Å². The third-order valence-electron chi connectivity index (χ3n) is 4.39. The highest BCUT2D eigenvalue weighted by Gasteiger charge is 2.22. The number of hydrogen-bond donors (Lipinski definition) is 0. The zero-order chi connectivity index (χ0) is 16.7. The Bertz CT molecular complexity index is 942. The zero-order valence-electron chi connectivity index (χ0n) is 13.9. The molecule has 24 heavy (non-hydrogen) atoms. The van der Waals surface area contributed by atoms with Gasteiger partial charge in [-0.25, -0.2) is 4.98 Å². The average Bonchev–Trinajstić information content (AvgIpc) is 2.98. The number of aromatic nitrogens is 5. The van der Waals surface area contributed by atoms with E-state index in [0.717, 1.165) is 37.0 Å². The summed E-state index contributed by atoms with van der Waals surface area (Å²) in [7, 11) is 0. The first-order valence-electron chi connectivity index (χ1n) is 8.23. The lowest BCUT2D eigenvalue weighted by Gasteiger charge is -2.27. The molecular formula is C17H20N6O. The molecule has 0 spiro atoms. The summed E-state index contributed by atoms with van der Waals surface area (Å²) in [6.07, 6.45) is 1.74. The third kappa shape index (κ3) is 2.60. The molecule has 3 aromatic heterocycles. The average molecular weight is 324 g/mol. The number of rotatable bonds is 3. The summed E-state index contributed by atoms with van der Waals surface area (Å²) in [5.41, 5.74) is 1.43. The van der Waals surface area contributed by atoms with Crippen LogP contribution in [-0.4, -0.2) is 35.6 Å². The number of fused-ring (bicyclic) bond motifs is 2. The molecule has 0 amide bonds. The summed E-state index contributed by atoms with van der Waals surface area (Å²) in [5, 5.41) is 8.63. The first kappa shape index (κ1) is 15.0. The Morgan fingerprint density at radius 2 is 2.08 bits per heavy atom. The highest BCUT2D eigenvalue weighted by Crippen LogP contribution is 2.19. The molecule has 0 unspecified atom stereocenters. The Balaban J connectivity index is 1.57. The van der Waals surface area contributed by atoms with Crippen LogP contribution in [0.4, 0.5) is 0 Å². The number of pyridine rings is 1.